The minimum Gasteiger partial charge on any atom is -0.466 e. The van der Waals surface area contributed by atoms with Crippen molar-refractivity contribution in [2.45, 2.75) is 110 Å². The monoisotopic (exact) mass is 596 g/mol. The van der Waals surface area contributed by atoms with Gasteiger partial charge in [-0.2, -0.15) is 0 Å². The molecular weight excluding hydrogens is 552 g/mol. The summed E-state index contributed by atoms with van der Waals surface area (Å²) >= 11 is 3.83. The number of hydrogen-bond acceptors (Lipinski definition) is 7. The SMILES string of the molecule is CCOC(=O)CC[C@@H](C)[C@H]1CC[C@H]2[C@@H]3C(=O)[C@H](Br)[C@H]4C[C@H](OC(C)=O)CC[C@]4(C)[C@H]3C[C@H](OC(C)=O)[C@]12C. The predicted octanol–water partition coefficient (Wildman–Crippen LogP) is 5.65. The Labute approximate surface area is 235 Å². The van der Waals surface area contributed by atoms with Crippen LogP contribution in [-0.2, 0) is 33.4 Å². The smallest absolute Gasteiger partial charge is 0.305 e. The highest BCUT2D eigenvalue weighted by molar-refractivity contribution is 9.10. The van der Waals surface area contributed by atoms with Crippen LogP contribution in [0, 0.1) is 46.3 Å². The van der Waals surface area contributed by atoms with Crippen LogP contribution in [0.15, 0.2) is 0 Å². The van der Waals surface area contributed by atoms with Crippen LogP contribution in [-0.4, -0.2) is 47.3 Å². The molecule has 4 rings (SSSR count). The van der Waals surface area contributed by atoms with Crippen LogP contribution in [0.4, 0.5) is 0 Å². The van der Waals surface area contributed by atoms with Gasteiger partial charge in [-0.15, -0.1) is 0 Å². The fourth-order valence-electron chi connectivity index (χ4n) is 9.31. The van der Waals surface area contributed by atoms with Crippen LogP contribution in [0.2, 0.25) is 0 Å². The number of esters is 3. The van der Waals surface area contributed by atoms with E-state index in [1.165, 1.54) is 13.8 Å². The largest absolute Gasteiger partial charge is 0.466 e. The number of Topliss-reactive ketones (excluding diaryl/α,β-unsaturated/α-hetero) is 1. The van der Waals surface area contributed by atoms with Gasteiger partial charge in [0.15, 0.2) is 0 Å². The third-order valence-corrected chi connectivity index (χ3v) is 12.1. The van der Waals surface area contributed by atoms with Crippen LogP contribution < -0.4 is 0 Å². The van der Waals surface area contributed by atoms with Gasteiger partial charge in [0, 0.05) is 31.6 Å². The zero-order chi connectivity index (χ0) is 28.0. The molecule has 0 unspecified atom stereocenters. The molecule has 11 atom stereocenters. The number of hydrogen-bond donors (Lipinski definition) is 0. The normalized spacial score (nSPS) is 42.8. The molecule has 4 saturated carbocycles. The molecular formula is C30H45BrO7. The summed E-state index contributed by atoms with van der Waals surface area (Å²) in [6.45, 7) is 11.9. The third kappa shape index (κ3) is 5.08. The van der Waals surface area contributed by atoms with Gasteiger partial charge < -0.3 is 14.2 Å². The van der Waals surface area contributed by atoms with Crippen LogP contribution in [0.3, 0.4) is 0 Å². The molecule has 0 saturated heterocycles. The molecule has 0 aliphatic heterocycles. The number of halogens is 1. The van der Waals surface area contributed by atoms with Gasteiger partial charge >= 0.3 is 17.9 Å². The fourth-order valence-corrected chi connectivity index (χ4v) is 10.4. The molecule has 0 amide bonds. The van der Waals surface area contributed by atoms with Crippen molar-refractivity contribution in [3.05, 3.63) is 0 Å². The summed E-state index contributed by atoms with van der Waals surface area (Å²) in [6.07, 6.45) is 5.56. The van der Waals surface area contributed by atoms with E-state index >= 15 is 0 Å². The Morgan fingerprint density at radius 1 is 1.00 bits per heavy atom. The molecule has 0 bridgehead atoms. The van der Waals surface area contributed by atoms with Gasteiger partial charge in [0.25, 0.3) is 0 Å². The van der Waals surface area contributed by atoms with E-state index in [0.29, 0.717) is 25.9 Å². The summed E-state index contributed by atoms with van der Waals surface area (Å²) in [6, 6.07) is 0. The molecule has 0 radical (unpaired) electrons. The van der Waals surface area contributed by atoms with E-state index in [4.69, 9.17) is 14.2 Å². The molecule has 4 aliphatic carbocycles. The fraction of sp³-hybridized carbons (Fsp3) is 0.867. The van der Waals surface area contributed by atoms with Crippen molar-refractivity contribution in [2.24, 2.45) is 46.3 Å². The number of fused-ring (bicyclic) bond motifs is 5. The molecule has 0 aromatic carbocycles. The molecule has 8 heteroatoms. The third-order valence-electron chi connectivity index (χ3n) is 11.0. The lowest BCUT2D eigenvalue weighted by Crippen LogP contribution is -2.64. The molecule has 0 N–H and O–H groups in total. The summed E-state index contributed by atoms with van der Waals surface area (Å²) in [5.74, 6) is 0.235. The highest BCUT2D eigenvalue weighted by Gasteiger charge is 2.68. The van der Waals surface area contributed by atoms with E-state index < -0.39 is 0 Å². The summed E-state index contributed by atoms with van der Waals surface area (Å²) in [4.78, 5) is 50.0. The first-order valence-electron chi connectivity index (χ1n) is 14.5. The number of alkyl halides is 1. The Morgan fingerprint density at radius 2 is 1.68 bits per heavy atom. The Balaban J connectivity index is 1.64. The lowest BCUT2D eigenvalue weighted by Gasteiger charge is -2.63. The maximum absolute atomic E-state index is 14.1. The average molecular weight is 598 g/mol. The van der Waals surface area contributed by atoms with E-state index in [1.54, 1.807) is 0 Å². The zero-order valence-electron chi connectivity index (χ0n) is 23.8. The van der Waals surface area contributed by atoms with Crippen molar-refractivity contribution in [1.29, 1.82) is 0 Å². The summed E-state index contributed by atoms with van der Waals surface area (Å²) in [5, 5.41) is 0. The van der Waals surface area contributed by atoms with Gasteiger partial charge in [0.1, 0.15) is 18.0 Å². The average Bonchev–Trinajstić information content (AvgIpc) is 3.20. The lowest BCUT2D eigenvalue weighted by molar-refractivity contribution is -0.196. The predicted molar refractivity (Wildman–Crippen MR) is 145 cm³/mol. The Hall–Kier alpha value is -1.44. The number of ketones is 1. The highest BCUT2D eigenvalue weighted by Crippen LogP contribution is 2.68. The Bertz CT molecular complexity index is 951. The minimum absolute atomic E-state index is 0.0670. The lowest BCUT2D eigenvalue weighted by atomic mass is 9.43. The summed E-state index contributed by atoms with van der Waals surface area (Å²) in [7, 11) is 0. The molecule has 7 nitrogen and oxygen atoms in total. The number of carbonyl (C=O) groups excluding carboxylic acids is 4. The second kappa shape index (κ2) is 11.2. The Kier molecular flexibility index (Phi) is 8.71. The van der Waals surface area contributed by atoms with Crippen LogP contribution in [0.5, 0.6) is 0 Å². The van der Waals surface area contributed by atoms with E-state index in [9.17, 15) is 19.2 Å². The van der Waals surface area contributed by atoms with Crippen LogP contribution in [0.25, 0.3) is 0 Å². The van der Waals surface area contributed by atoms with Gasteiger partial charge in [-0.25, -0.2) is 0 Å². The van der Waals surface area contributed by atoms with Gasteiger partial charge in [0.05, 0.1) is 11.4 Å². The molecule has 0 aromatic heterocycles. The van der Waals surface area contributed by atoms with Crippen molar-refractivity contribution < 1.29 is 33.4 Å². The molecule has 38 heavy (non-hydrogen) atoms. The van der Waals surface area contributed by atoms with E-state index in [1.807, 2.05) is 6.92 Å². The van der Waals surface area contributed by atoms with E-state index in [0.717, 1.165) is 32.1 Å². The quantitative estimate of drug-likeness (QED) is 0.213. The highest BCUT2D eigenvalue weighted by atomic mass is 79.9. The second-order valence-corrected chi connectivity index (χ2v) is 13.9. The minimum atomic E-state index is -0.332. The van der Waals surface area contributed by atoms with E-state index in [-0.39, 0.29) is 87.1 Å². The summed E-state index contributed by atoms with van der Waals surface area (Å²) < 4.78 is 16.9. The van der Waals surface area contributed by atoms with Crippen molar-refractivity contribution in [3.8, 4) is 0 Å². The molecule has 0 heterocycles. The molecule has 4 fully saturated rings. The van der Waals surface area contributed by atoms with Gasteiger partial charge in [-0.3, -0.25) is 19.2 Å². The number of ether oxygens (including phenoxy) is 3. The Morgan fingerprint density at radius 3 is 2.32 bits per heavy atom. The number of rotatable bonds is 7. The molecule has 4 aliphatic rings. The van der Waals surface area contributed by atoms with Gasteiger partial charge in [-0.1, -0.05) is 36.7 Å². The van der Waals surface area contributed by atoms with Gasteiger partial charge in [0.2, 0.25) is 0 Å². The first-order chi connectivity index (χ1) is 17.8. The topological polar surface area (TPSA) is 96.0 Å². The first-order valence-corrected chi connectivity index (χ1v) is 15.4. The van der Waals surface area contributed by atoms with Crippen LogP contribution >= 0.6 is 15.9 Å². The van der Waals surface area contributed by atoms with Crippen molar-refractivity contribution in [3.63, 3.8) is 0 Å². The van der Waals surface area contributed by atoms with Crippen molar-refractivity contribution in [1.82, 2.24) is 0 Å². The number of carbonyl (C=O) groups is 4. The van der Waals surface area contributed by atoms with E-state index in [2.05, 4.69) is 36.7 Å². The maximum atomic E-state index is 14.1. The standard InChI is InChI=1S/C30H45BrO7/c1-7-36-25(34)11-8-16(2)20-9-10-21-26-22(15-24(30(20,21)6)38-18(4)33)29(5)13-12-19(37-17(3)32)14-23(29)27(31)28(26)35/h16,19-24,26-27H,7-15H2,1-6H3/t16-,19-,20-,21+,22+,23-,24+,26+,27-,29-,30-/m1/s1. The van der Waals surface area contributed by atoms with Crippen molar-refractivity contribution in [2.75, 3.05) is 6.61 Å². The second-order valence-electron chi connectivity index (χ2n) is 12.9. The molecule has 0 aromatic rings. The van der Waals surface area contributed by atoms with Crippen molar-refractivity contribution >= 4 is 39.6 Å². The molecule has 0 spiro atoms. The first kappa shape index (κ1) is 29.5. The maximum Gasteiger partial charge on any atom is 0.305 e. The van der Waals surface area contributed by atoms with Crippen LogP contribution in [0.1, 0.15) is 92.9 Å². The molecule has 214 valence electrons. The summed E-state index contributed by atoms with van der Waals surface area (Å²) in [5.41, 5.74) is -0.446. The van der Waals surface area contributed by atoms with Gasteiger partial charge in [-0.05, 0) is 86.9 Å². The zero-order valence-corrected chi connectivity index (χ0v) is 25.4.